The lowest BCUT2D eigenvalue weighted by atomic mass is 10.1. The molecule has 0 unspecified atom stereocenters. The lowest BCUT2D eigenvalue weighted by Gasteiger charge is -2.24. The number of carbonyl (C=O) groups is 1. The van der Waals surface area contributed by atoms with Crippen molar-refractivity contribution in [1.29, 1.82) is 0 Å². The summed E-state index contributed by atoms with van der Waals surface area (Å²) in [5.41, 5.74) is 1.92. The van der Waals surface area contributed by atoms with Gasteiger partial charge in [0.25, 0.3) is 0 Å². The minimum atomic E-state index is 0.0840. The number of nitrogens with one attached hydrogen (secondary N) is 1. The van der Waals surface area contributed by atoms with Gasteiger partial charge in [-0.2, -0.15) is 0 Å². The quantitative estimate of drug-likeness (QED) is 0.803. The third-order valence-electron chi connectivity index (χ3n) is 4.55. The Labute approximate surface area is 140 Å². The van der Waals surface area contributed by atoms with Gasteiger partial charge in [0.2, 0.25) is 5.91 Å². The van der Waals surface area contributed by atoms with Gasteiger partial charge in [-0.1, -0.05) is 18.2 Å². The third-order valence-corrected chi connectivity index (χ3v) is 4.55. The Morgan fingerprint density at radius 2 is 2.29 bits per heavy atom. The molecule has 1 aliphatic heterocycles. The van der Waals surface area contributed by atoms with Crippen LogP contribution in [0, 0.1) is 6.92 Å². The van der Waals surface area contributed by atoms with Gasteiger partial charge in [-0.05, 0) is 25.5 Å². The normalized spacial score (nSPS) is 17.0. The van der Waals surface area contributed by atoms with E-state index in [0.29, 0.717) is 12.8 Å². The molecule has 5 heteroatoms. The molecule has 4 rings (SSSR count). The van der Waals surface area contributed by atoms with Gasteiger partial charge in [-0.25, -0.2) is 4.98 Å². The van der Waals surface area contributed by atoms with Crippen molar-refractivity contribution in [2.24, 2.45) is 0 Å². The number of nitrogens with zero attached hydrogens (tertiary/aromatic N) is 2. The number of para-hydroxylation sites is 1. The van der Waals surface area contributed by atoms with E-state index >= 15 is 0 Å². The highest BCUT2D eigenvalue weighted by Gasteiger charge is 2.21. The zero-order valence-corrected chi connectivity index (χ0v) is 13.8. The number of imidazole rings is 1. The van der Waals surface area contributed by atoms with Crippen LogP contribution in [0.1, 0.15) is 30.1 Å². The number of furan rings is 1. The molecule has 1 aromatic carbocycles. The molecule has 0 radical (unpaired) electrons. The average molecular weight is 323 g/mol. The van der Waals surface area contributed by atoms with Crippen LogP contribution in [0.2, 0.25) is 0 Å². The first-order valence-electron chi connectivity index (χ1n) is 8.47. The van der Waals surface area contributed by atoms with Gasteiger partial charge >= 0.3 is 0 Å². The number of carbonyl (C=O) groups excluding carboxylic acids is 1. The predicted octanol–water partition coefficient (Wildman–Crippen LogP) is 3.00. The topological polar surface area (TPSA) is 60.1 Å². The maximum absolute atomic E-state index is 12.2. The zero-order valence-electron chi connectivity index (χ0n) is 13.8. The first kappa shape index (κ1) is 15.0. The Kier molecular flexibility index (Phi) is 3.84. The van der Waals surface area contributed by atoms with E-state index in [-0.39, 0.29) is 11.9 Å². The van der Waals surface area contributed by atoms with E-state index in [1.807, 2.05) is 37.3 Å². The molecule has 0 fully saturated rings. The number of amides is 1. The maximum atomic E-state index is 12.2. The third kappa shape index (κ3) is 3.07. The van der Waals surface area contributed by atoms with Gasteiger partial charge < -0.3 is 14.3 Å². The van der Waals surface area contributed by atoms with E-state index in [1.54, 1.807) is 0 Å². The molecule has 0 bridgehead atoms. The summed E-state index contributed by atoms with van der Waals surface area (Å²) in [5.74, 6) is 2.07. The van der Waals surface area contributed by atoms with Crippen LogP contribution in [0.4, 0.5) is 0 Å². The summed E-state index contributed by atoms with van der Waals surface area (Å²) in [5, 5.41) is 4.23. The van der Waals surface area contributed by atoms with Crippen LogP contribution < -0.4 is 5.32 Å². The van der Waals surface area contributed by atoms with Crippen LogP contribution in [0.5, 0.6) is 0 Å². The van der Waals surface area contributed by atoms with Crippen molar-refractivity contribution < 1.29 is 9.21 Å². The Balaban J connectivity index is 1.32. The number of rotatable bonds is 4. The summed E-state index contributed by atoms with van der Waals surface area (Å²) in [6, 6.07) is 10.1. The minimum Gasteiger partial charge on any atom is -0.461 e. The fourth-order valence-corrected chi connectivity index (χ4v) is 3.40. The van der Waals surface area contributed by atoms with Crippen molar-refractivity contribution in [3.05, 3.63) is 53.8 Å². The molecule has 5 nitrogen and oxygen atoms in total. The van der Waals surface area contributed by atoms with Crippen LogP contribution in [0.25, 0.3) is 11.0 Å². The van der Waals surface area contributed by atoms with Gasteiger partial charge in [-0.3, -0.25) is 4.79 Å². The Morgan fingerprint density at radius 3 is 3.17 bits per heavy atom. The van der Waals surface area contributed by atoms with E-state index < -0.39 is 0 Å². The number of hydrogen-bond acceptors (Lipinski definition) is 3. The highest BCUT2D eigenvalue weighted by atomic mass is 16.3. The summed E-state index contributed by atoms with van der Waals surface area (Å²) in [6.07, 6.45) is 5.01. The molecule has 0 spiro atoms. The highest BCUT2D eigenvalue weighted by Crippen LogP contribution is 2.20. The molecule has 24 heavy (non-hydrogen) atoms. The van der Waals surface area contributed by atoms with Crippen LogP contribution >= 0.6 is 0 Å². The fraction of sp³-hybridized carbons (Fsp3) is 0.368. The van der Waals surface area contributed by atoms with Crippen LogP contribution in [-0.2, 0) is 24.2 Å². The van der Waals surface area contributed by atoms with Crippen molar-refractivity contribution in [1.82, 2.24) is 14.9 Å². The Bertz CT molecular complexity index is 845. The smallest absolute Gasteiger partial charge is 0.220 e. The van der Waals surface area contributed by atoms with E-state index in [4.69, 9.17) is 4.42 Å². The summed E-state index contributed by atoms with van der Waals surface area (Å²) in [7, 11) is 0. The molecule has 3 aromatic rings. The molecular weight excluding hydrogens is 302 g/mol. The molecule has 0 aliphatic carbocycles. The van der Waals surface area contributed by atoms with Crippen molar-refractivity contribution in [2.45, 2.75) is 45.2 Å². The fourth-order valence-electron chi connectivity index (χ4n) is 3.40. The molecule has 1 atom stereocenters. The van der Waals surface area contributed by atoms with Gasteiger partial charge in [-0.15, -0.1) is 0 Å². The lowest BCUT2D eigenvalue weighted by molar-refractivity contribution is -0.122. The van der Waals surface area contributed by atoms with Gasteiger partial charge in [0.1, 0.15) is 17.2 Å². The van der Waals surface area contributed by atoms with Crippen molar-refractivity contribution in [2.75, 3.05) is 0 Å². The molecule has 3 heterocycles. The largest absolute Gasteiger partial charge is 0.461 e. The standard InChI is InChI=1S/C19H21N3O2/c1-13-11-22-12-15(6-8-18(22)20-13)21-19(23)9-7-16-10-14-4-2-3-5-17(14)24-16/h2-5,10-11,15H,6-9,12H2,1H3,(H,21,23)/t15-/m1/s1. The van der Waals surface area contributed by atoms with Crippen LogP contribution in [0.15, 0.2) is 40.9 Å². The molecule has 1 N–H and O–H groups in total. The van der Waals surface area contributed by atoms with Gasteiger partial charge in [0, 0.05) is 43.4 Å². The second-order valence-electron chi connectivity index (χ2n) is 6.50. The highest BCUT2D eigenvalue weighted by molar-refractivity contribution is 5.79. The molecule has 124 valence electrons. The molecule has 0 saturated carbocycles. The number of aromatic nitrogens is 2. The van der Waals surface area contributed by atoms with Crippen LogP contribution in [-0.4, -0.2) is 21.5 Å². The summed E-state index contributed by atoms with van der Waals surface area (Å²) in [6.45, 7) is 2.82. The lowest BCUT2D eigenvalue weighted by Crippen LogP contribution is -2.40. The molecular formula is C19H21N3O2. The van der Waals surface area contributed by atoms with Gasteiger partial charge in [0.15, 0.2) is 0 Å². The maximum Gasteiger partial charge on any atom is 0.220 e. The zero-order chi connectivity index (χ0) is 16.5. The van der Waals surface area contributed by atoms with E-state index in [0.717, 1.165) is 47.6 Å². The number of aryl methyl sites for hydroxylation is 3. The van der Waals surface area contributed by atoms with E-state index in [1.165, 1.54) is 0 Å². The average Bonchev–Trinajstić information content (AvgIpc) is 3.14. The summed E-state index contributed by atoms with van der Waals surface area (Å²) in [4.78, 5) is 16.7. The SMILES string of the molecule is Cc1cn2c(n1)CC[C@@H](NC(=O)CCc1cc3ccccc3o1)C2. The number of hydrogen-bond donors (Lipinski definition) is 1. The summed E-state index contributed by atoms with van der Waals surface area (Å²) >= 11 is 0. The minimum absolute atomic E-state index is 0.0840. The number of fused-ring (bicyclic) bond motifs is 2. The summed E-state index contributed by atoms with van der Waals surface area (Å²) < 4.78 is 7.92. The van der Waals surface area contributed by atoms with Crippen molar-refractivity contribution in [3.63, 3.8) is 0 Å². The molecule has 1 aliphatic rings. The molecule has 1 amide bonds. The monoisotopic (exact) mass is 323 g/mol. The predicted molar refractivity (Wildman–Crippen MR) is 91.8 cm³/mol. The van der Waals surface area contributed by atoms with Crippen molar-refractivity contribution in [3.8, 4) is 0 Å². The second kappa shape index (κ2) is 6.15. The van der Waals surface area contributed by atoms with Crippen LogP contribution in [0.3, 0.4) is 0 Å². The molecule has 0 saturated heterocycles. The number of benzene rings is 1. The molecule has 2 aromatic heterocycles. The second-order valence-corrected chi connectivity index (χ2v) is 6.50. The van der Waals surface area contributed by atoms with Crippen molar-refractivity contribution >= 4 is 16.9 Å². The van der Waals surface area contributed by atoms with E-state index in [2.05, 4.69) is 21.1 Å². The first-order chi connectivity index (χ1) is 11.7. The first-order valence-corrected chi connectivity index (χ1v) is 8.47. The van der Waals surface area contributed by atoms with Gasteiger partial charge in [0.05, 0.1) is 5.69 Å². The Hall–Kier alpha value is -2.56. The van der Waals surface area contributed by atoms with E-state index in [9.17, 15) is 4.79 Å². The Morgan fingerprint density at radius 1 is 1.42 bits per heavy atom.